The van der Waals surface area contributed by atoms with Gasteiger partial charge in [0.2, 0.25) is 0 Å². The fourth-order valence-corrected chi connectivity index (χ4v) is 2.45. The molecule has 0 saturated heterocycles. The van der Waals surface area contributed by atoms with Crippen molar-refractivity contribution in [2.75, 3.05) is 0 Å². The zero-order valence-electron chi connectivity index (χ0n) is 12.1. The smallest absolute Gasteiger partial charge is 0.260 e. The van der Waals surface area contributed by atoms with Crippen LogP contribution in [0.5, 0.6) is 5.75 Å². The Balaban J connectivity index is 1.96. The van der Waals surface area contributed by atoms with Gasteiger partial charge in [-0.3, -0.25) is 9.78 Å². The second-order valence-electron chi connectivity index (χ2n) is 5.31. The molecular weight excluding hydrogens is 256 g/mol. The lowest BCUT2D eigenvalue weighted by molar-refractivity contribution is -0.128. The van der Waals surface area contributed by atoms with Gasteiger partial charge >= 0.3 is 0 Å². The zero-order valence-corrected chi connectivity index (χ0v) is 12.1. The fourth-order valence-electron chi connectivity index (χ4n) is 2.45. The van der Waals surface area contributed by atoms with Crippen molar-refractivity contribution >= 4 is 5.91 Å². The number of pyridine rings is 1. The molecule has 1 heterocycles. The van der Waals surface area contributed by atoms with Crippen molar-refractivity contribution in [3.63, 3.8) is 0 Å². The van der Waals surface area contributed by atoms with Gasteiger partial charge in [0.15, 0.2) is 6.10 Å². The van der Waals surface area contributed by atoms with Crippen LogP contribution in [-0.4, -0.2) is 28.1 Å². The largest absolute Gasteiger partial charge is 0.479 e. The Bertz CT molecular complexity index is 470. The third kappa shape index (κ3) is 3.70. The van der Waals surface area contributed by atoms with Crippen molar-refractivity contribution in [2.24, 2.45) is 0 Å². The third-order valence-corrected chi connectivity index (χ3v) is 3.60. The highest BCUT2D eigenvalue weighted by Crippen LogP contribution is 2.20. The van der Waals surface area contributed by atoms with Crippen LogP contribution in [0.1, 0.15) is 44.0 Å². The lowest BCUT2D eigenvalue weighted by atomic mass is 10.2. The summed E-state index contributed by atoms with van der Waals surface area (Å²) in [7, 11) is 0. The van der Waals surface area contributed by atoms with E-state index in [-0.39, 0.29) is 18.6 Å². The van der Waals surface area contributed by atoms with Crippen LogP contribution in [0.2, 0.25) is 0 Å². The monoisotopic (exact) mass is 278 g/mol. The summed E-state index contributed by atoms with van der Waals surface area (Å²) in [6.45, 7) is 3.36. The zero-order chi connectivity index (χ0) is 14.5. The number of hydrogen-bond donors (Lipinski definition) is 2. The number of rotatable bonds is 5. The molecule has 1 saturated carbocycles. The second-order valence-corrected chi connectivity index (χ2v) is 5.31. The topological polar surface area (TPSA) is 71.5 Å². The summed E-state index contributed by atoms with van der Waals surface area (Å²) in [5.41, 5.74) is 1.27. The first-order valence-electron chi connectivity index (χ1n) is 7.14. The number of aryl methyl sites for hydroxylation is 1. The maximum absolute atomic E-state index is 12.1. The van der Waals surface area contributed by atoms with Gasteiger partial charge < -0.3 is 15.2 Å². The van der Waals surface area contributed by atoms with Gasteiger partial charge in [-0.05, 0) is 38.8 Å². The van der Waals surface area contributed by atoms with Crippen molar-refractivity contribution in [3.8, 4) is 5.75 Å². The van der Waals surface area contributed by atoms with Gasteiger partial charge in [0.1, 0.15) is 11.4 Å². The molecule has 1 unspecified atom stereocenters. The minimum Gasteiger partial charge on any atom is -0.479 e. The Morgan fingerprint density at radius 1 is 1.50 bits per heavy atom. The molecule has 1 aliphatic carbocycles. The molecule has 1 aromatic rings. The molecule has 1 aromatic heterocycles. The number of nitrogens with zero attached hydrogens (tertiary/aromatic N) is 1. The van der Waals surface area contributed by atoms with Gasteiger partial charge in [-0.25, -0.2) is 0 Å². The summed E-state index contributed by atoms with van der Waals surface area (Å²) in [5.74, 6) is 0.355. The number of ether oxygens (including phenoxy) is 1. The number of aromatic nitrogens is 1. The van der Waals surface area contributed by atoms with E-state index in [0.717, 1.165) is 18.5 Å². The molecule has 2 N–H and O–H groups in total. The second kappa shape index (κ2) is 6.70. The standard InChI is InChI=1S/C15H22N2O3/c1-10-7-8-14(13(9-18)16-10)20-11(2)15(19)17-12-5-3-4-6-12/h7-8,11-12,18H,3-6,9H2,1-2H3,(H,17,19). The lowest BCUT2D eigenvalue weighted by Crippen LogP contribution is -2.41. The van der Waals surface area contributed by atoms with Crippen LogP contribution < -0.4 is 10.1 Å². The molecule has 2 rings (SSSR count). The van der Waals surface area contributed by atoms with Crippen LogP contribution >= 0.6 is 0 Å². The molecule has 1 fully saturated rings. The van der Waals surface area contributed by atoms with Crippen molar-refractivity contribution in [3.05, 3.63) is 23.5 Å². The lowest BCUT2D eigenvalue weighted by Gasteiger charge is -2.19. The van der Waals surface area contributed by atoms with Crippen LogP contribution in [0.4, 0.5) is 0 Å². The highest BCUT2D eigenvalue weighted by Gasteiger charge is 2.22. The fraction of sp³-hybridized carbons (Fsp3) is 0.600. The van der Waals surface area contributed by atoms with E-state index >= 15 is 0 Å². The van der Waals surface area contributed by atoms with E-state index in [4.69, 9.17) is 4.74 Å². The predicted molar refractivity (Wildman–Crippen MR) is 75.4 cm³/mol. The molecule has 1 atom stereocenters. The molecule has 0 radical (unpaired) electrons. The Labute approximate surface area is 119 Å². The molecule has 0 bridgehead atoms. The van der Waals surface area contributed by atoms with E-state index in [1.807, 2.05) is 6.92 Å². The van der Waals surface area contributed by atoms with Crippen LogP contribution in [-0.2, 0) is 11.4 Å². The summed E-state index contributed by atoms with van der Waals surface area (Å²) in [5, 5.41) is 12.3. The van der Waals surface area contributed by atoms with E-state index in [1.165, 1.54) is 12.8 Å². The molecular formula is C15H22N2O3. The summed E-state index contributed by atoms with van der Waals surface area (Å²) in [4.78, 5) is 16.3. The summed E-state index contributed by atoms with van der Waals surface area (Å²) < 4.78 is 5.63. The average Bonchev–Trinajstić information content (AvgIpc) is 2.93. The number of nitrogens with one attached hydrogen (secondary N) is 1. The summed E-state index contributed by atoms with van der Waals surface area (Å²) in [6, 6.07) is 3.82. The molecule has 1 aliphatic rings. The van der Waals surface area contributed by atoms with Gasteiger partial charge in [0, 0.05) is 11.7 Å². The number of aliphatic hydroxyl groups is 1. The quantitative estimate of drug-likeness (QED) is 0.860. The van der Waals surface area contributed by atoms with E-state index < -0.39 is 6.10 Å². The highest BCUT2D eigenvalue weighted by atomic mass is 16.5. The third-order valence-electron chi connectivity index (χ3n) is 3.60. The molecule has 1 amide bonds. The van der Waals surface area contributed by atoms with Gasteiger partial charge in [-0.15, -0.1) is 0 Å². The van der Waals surface area contributed by atoms with Crippen LogP contribution in [0.3, 0.4) is 0 Å². The van der Waals surface area contributed by atoms with E-state index in [2.05, 4.69) is 10.3 Å². The first-order chi connectivity index (χ1) is 9.60. The average molecular weight is 278 g/mol. The minimum atomic E-state index is -0.592. The predicted octanol–water partition coefficient (Wildman–Crippen LogP) is 1.71. The van der Waals surface area contributed by atoms with Gasteiger partial charge in [-0.1, -0.05) is 12.8 Å². The van der Waals surface area contributed by atoms with Crippen molar-refractivity contribution in [1.82, 2.24) is 10.3 Å². The number of amides is 1. The Hall–Kier alpha value is -1.62. The minimum absolute atomic E-state index is 0.110. The maximum Gasteiger partial charge on any atom is 0.260 e. The maximum atomic E-state index is 12.1. The van der Waals surface area contributed by atoms with E-state index in [0.29, 0.717) is 11.4 Å². The SMILES string of the molecule is Cc1ccc(OC(C)C(=O)NC2CCCC2)c(CO)n1. The molecule has 0 spiro atoms. The van der Waals surface area contributed by atoms with Crippen molar-refractivity contribution < 1.29 is 14.6 Å². The molecule has 5 heteroatoms. The molecule has 110 valence electrons. The normalized spacial score (nSPS) is 16.9. The number of carbonyl (C=O) groups excluding carboxylic acids is 1. The molecule has 5 nitrogen and oxygen atoms in total. The number of hydrogen-bond acceptors (Lipinski definition) is 4. The Morgan fingerprint density at radius 3 is 2.85 bits per heavy atom. The van der Waals surface area contributed by atoms with Crippen LogP contribution in [0, 0.1) is 6.92 Å². The van der Waals surface area contributed by atoms with E-state index in [1.54, 1.807) is 19.1 Å². The van der Waals surface area contributed by atoms with Gasteiger partial charge in [-0.2, -0.15) is 0 Å². The van der Waals surface area contributed by atoms with Crippen LogP contribution in [0.25, 0.3) is 0 Å². The number of carbonyl (C=O) groups is 1. The van der Waals surface area contributed by atoms with Gasteiger partial charge in [0.25, 0.3) is 5.91 Å². The molecule has 0 aliphatic heterocycles. The summed E-state index contributed by atoms with van der Waals surface area (Å²) in [6.07, 6.45) is 3.86. The van der Waals surface area contributed by atoms with Crippen LogP contribution in [0.15, 0.2) is 12.1 Å². The number of aliphatic hydroxyl groups excluding tert-OH is 1. The van der Waals surface area contributed by atoms with Crippen molar-refractivity contribution in [1.29, 1.82) is 0 Å². The first kappa shape index (κ1) is 14.8. The van der Waals surface area contributed by atoms with Gasteiger partial charge in [0.05, 0.1) is 6.61 Å². The Morgan fingerprint density at radius 2 is 2.20 bits per heavy atom. The summed E-state index contributed by atoms with van der Waals surface area (Å²) >= 11 is 0. The molecule has 20 heavy (non-hydrogen) atoms. The molecule has 0 aromatic carbocycles. The Kier molecular flexibility index (Phi) is 4.95. The first-order valence-corrected chi connectivity index (χ1v) is 7.14. The van der Waals surface area contributed by atoms with E-state index in [9.17, 15) is 9.90 Å². The van der Waals surface area contributed by atoms with Crippen molar-refractivity contribution in [2.45, 2.75) is 58.3 Å². The highest BCUT2D eigenvalue weighted by molar-refractivity contribution is 5.81.